The van der Waals surface area contributed by atoms with Crippen molar-refractivity contribution in [2.75, 3.05) is 16.0 Å². The Morgan fingerprint density at radius 3 is 1.00 bits per heavy atom. The summed E-state index contributed by atoms with van der Waals surface area (Å²) in [5, 5.41) is 45.1. The first-order valence-corrected chi connectivity index (χ1v) is 13.2. The number of phenols is 3. The second-order valence-electron chi connectivity index (χ2n) is 9.81. The van der Waals surface area contributed by atoms with Gasteiger partial charge in [0.1, 0.15) is 17.2 Å². The van der Waals surface area contributed by atoms with Crippen molar-refractivity contribution in [2.24, 2.45) is 0 Å². The molecule has 204 valence electrons. The maximum Gasteiger partial charge on any atom is 0.233 e. The van der Waals surface area contributed by atoms with Crippen LogP contribution in [0.1, 0.15) is 0 Å². The van der Waals surface area contributed by atoms with E-state index in [2.05, 4.69) is 30.9 Å². The molecule has 9 nitrogen and oxygen atoms in total. The summed E-state index contributed by atoms with van der Waals surface area (Å²) in [6, 6.07) is 32.7. The number of nitrogens with one attached hydrogen (secondary N) is 3. The van der Waals surface area contributed by atoms with Crippen molar-refractivity contribution in [2.45, 2.75) is 0 Å². The Morgan fingerprint density at radius 1 is 0.381 bits per heavy atom. The zero-order valence-corrected chi connectivity index (χ0v) is 22.1. The number of aromatic hydroxyl groups is 3. The van der Waals surface area contributed by atoms with E-state index in [1.165, 1.54) is 0 Å². The molecule has 0 saturated heterocycles. The first-order chi connectivity index (χ1) is 20.5. The molecule has 0 saturated carbocycles. The highest BCUT2D eigenvalue weighted by Crippen LogP contribution is 2.32. The summed E-state index contributed by atoms with van der Waals surface area (Å²) in [5.74, 6) is 1.45. The quantitative estimate of drug-likeness (QED) is 0.123. The van der Waals surface area contributed by atoms with Crippen molar-refractivity contribution < 1.29 is 15.3 Å². The molecule has 0 bridgehead atoms. The number of fused-ring (bicyclic) bond motifs is 3. The van der Waals surface area contributed by atoms with Gasteiger partial charge in [0.15, 0.2) is 0 Å². The van der Waals surface area contributed by atoms with Crippen LogP contribution < -0.4 is 16.0 Å². The number of nitrogens with zero attached hydrogens (tertiary/aromatic N) is 3. The van der Waals surface area contributed by atoms with E-state index in [0.29, 0.717) is 17.8 Å². The normalized spacial score (nSPS) is 11.1. The molecule has 0 radical (unpaired) electrons. The van der Waals surface area contributed by atoms with Gasteiger partial charge < -0.3 is 31.3 Å². The Hall–Kier alpha value is -6.09. The van der Waals surface area contributed by atoms with E-state index in [4.69, 9.17) is 0 Å². The van der Waals surface area contributed by atoms with E-state index in [1.54, 1.807) is 36.4 Å². The molecule has 7 aromatic rings. The van der Waals surface area contributed by atoms with Crippen molar-refractivity contribution in [3.05, 3.63) is 109 Å². The summed E-state index contributed by atoms with van der Waals surface area (Å²) in [6.45, 7) is 0. The zero-order valence-electron chi connectivity index (χ0n) is 22.1. The lowest BCUT2D eigenvalue weighted by Gasteiger charge is -2.14. The van der Waals surface area contributed by atoms with Crippen LogP contribution in [0.25, 0.3) is 32.3 Å². The van der Waals surface area contributed by atoms with Gasteiger partial charge in [-0.05, 0) is 89.0 Å². The van der Waals surface area contributed by atoms with E-state index in [0.717, 1.165) is 49.4 Å². The number of phenolic OH excluding ortho intramolecular Hbond substituents is 3. The minimum Gasteiger partial charge on any atom is -0.508 e. The number of aromatic nitrogens is 3. The smallest absolute Gasteiger partial charge is 0.233 e. The SMILES string of the molecule is Oc1ccc2c(Nc3nc(Nc4cccc5cc(O)ccc45)nc(Nc4cccc5cc(O)ccc45)n3)cccc2c1. The maximum atomic E-state index is 9.95. The highest BCUT2D eigenvalue weighted by molar-refractivity contribution is 5.98. The van der Waals surface area contributed by atoms with E-state index >= 15 is 0 Å². The maximum absolute atomic E-state index is 9.95. The Balaban J connectivity index is 1.32. The fourth-order valence-corrected chi connectivity index (χ4v) is 5.05. The van der Waals surface area contributed by atoms with Crippen LogP contribution in [-0.4, -0.2) is 30.3 Å². The minimum absolute atomic E-state index is 0.185. The Labute approximate surface area is 239 Å². The Morgan fingerprint density at radius 2 is 0.690 bits per heavy atom. The Bertz CT molecular complexity index is 1880. The van der Waals surface area contributed by atoms with Crippen LogP contribution in [0.15, 0.2) is 109 Å². The third kappa shape index (κ3) is 4.86. The van der Waals surface area contributed by atoms with Crippen molar-refractivity contribution in [3.8, 4) is 17.2 Å². The van der Waals surface area contributed by atoms with Gasteiger partial charge in [-0.15, -0.1) is 0 Å². The molecular weight excluding hydrogens is 528 g/mol. The molecule has 6 aromatic carbocycles. The molecule has 42 heavy (non-hydrogen) atoms. The number of rotatable bonds is 6. The lowest BCUT2D eigenvalue weighted by molar-refractivity contribution is 0.475. The molecule has 0 aliphatic carbocycles. The third-order valence-corrected chi connectivity index (χ3v) is 6.97. The lowest BCUT2D eigenvalue weighted by Crippen LogP contribution is -2.08. The largest absolute Gasteiger partial charge is 0.508 e. The number of hydrogen-bond donors (Lipinski definition) is 6. The standard InChI is InChI=1S/C33H24N6O3/c40-22-10-13-25-19(16-22)4-1-7-28(25)34-31-37-32(35-29-8-2-5-20-17-23(41)11-14-26(20)29)39-33(38-31)36-30-9-3-6-21-18-24(42)12-15-27(21)30/h1-18,40-42H,(H3,34,35,36,37,38,39). The molecule has 0 spiro atoms. The van der Waals surface area contributed by atoms with E-state index in [1.807, 2.05) is 72.8 Å². The molecule has 1 aromatic heterocycles. The summed E-state index contributed by atoms with van der Waals surface area (Å²) in [6.07, 6.45) is 0. The van der Waals surface area contributed by atoms with E-state index < -0.39 is 0 Å². The van der Waals surface area contributed by atoms with E-state index in [9.17, 15) is 15.3 Å². The van der Waals surface area contributed by atoms with Gasteiger partial charge in [-0.1, -0.05) is 36.4 Å². The molecule has 0 aliphatic rings. The predicted molar refractivity (Wildman–Crippen MR) is 167 cm³/mol. The van der Waals surface area contributed by atoms with Gasteiger partial charge in [-0.2, -0.15) is 15.0 Å². The van der Waals surface area contributed by atoms with Gasteiger partial charge >= 0.3 is 0 Å². The molecule has 0 fully saturated rings. The first-order valence-electron chi connectivity index (χ1n) is 13.2. The fourth-order valence-electron chi connectivity index (χ4n) is 5.05. The molecule has 0 amide bonds. The summed E-state index contributed by atoms with van der Waals surface area (Å²) >= 11 is 0. The second-order valence-corrected chi connectivity index (χ2v) is 9.81. The van der Waals surface area contributed by atoms with Crippen LogP contribution in [0, 0.1) is 0 Å². The van der Waals surface area contributed by atoms with E-state index in [-0.39, 0.29) is 17.2 Å². The molecule has 9 heteroatoms. The molecule has 0 aliphatic heterocycles. The van der Waals surface area contributed by atoms with Gasteiger partial charge in [0.25, 0.3) is 0 Å². The highest BCUT2D eigenvalue weighted by Gasteiger charge is 2.13. The van der Waals surface area contributed by atoms with Crippen molar-refractivity contribution in [3.63, 3.8) is 0 Å². The van der Waals surface area contributed by atoms with Crippen LogP contribution in [0.3, 0.4) is 0 Å². The van der Waals surface area contributed by atoms with Crippen LogP contribution in [-0.2, 0) is 0 Å². The second kappa shape index (κ2) is 10.1. The molecular formula is C33H24N6O3. The molecule has 7 rings (SSSR count). The summed E-state index contributed by atoms with van der Waals surface area (Å²) in [5.41, 5.74) is 2.28. The van der Waals surface area contributed by atoms with Crippen molar-refractivity contribution in [1.82, 2.24) is 15.0 Å². The average Bonchev–Trinajstić information content (AvgIpc) is 2.97. The van der Waals surface area contributed by atoms with Crippen LogP contribution in [0.4, 0.5) is 34.9 Å². The molecule has 0 unspecified atom stereocenters. The summed E-state index contributed by atoms with van der Waals surface area (Å²) < 4.78 is 0. The fraction of sp³-hybridized carbons (Fsp3) is 0. The van der Waals surface area contributed by atoms with Crippen LogP contribution >= 0.6 is 0 Å². The van der Waals surface area contributed by atoms with Gasteiger partial charge in [-0.25, -0.2) is 0 Å². The van der Waals surface area contributed by atoms with Gasteiger partial charge in [-0.3, -0.25) is 0 Å². The van der Waals surface area contributed by atoms with Crippen LogP contribution in [0.5, 0.6) is 17.2 Å². The Kier molecular flexibility index (Phi) is 6.02. The van der Waals surface area contributed by atoms with Gasteiger partial charge in [0.05, 0.1) is 0 Å². The van der Waals surface area contributed by atoms with Gasteiger partial charge in [0, 0.05) is 33.2 Å². The topological polar surface area (TPSA) is 135 Å². The molecule has 0 atom stereocenters. The predicted octanol–water partition coefficient (Wildman–Crippen LogP) is 7.68. The third-order valence-electron chi connectivity index (χ3n) is 6.97. The number of hydrogen-bond acceptors (Lipinski definition) is 9. The first kappa shape index (κ1) is 24.9. The van der Waals surface area contributed by atoms with Crippen LogP contribution in [0.2, 0.25) is 0 Å². The highest BCUT2D eigenvalue weighted by atomic mass is 16.3. The summed E-state index contributed by atoms with van der Waals surface area (Å²) in [4.78, 5) is 14.0. The molecule has 6 N–H and O–H groups in total. The summed E-state index contributed by atoms with van der Waals surface area (Å²) in [7, 11) is 0. The van der Waals surface area contributed by atoms with Gasteiger partial charge in [0.2, 0.25) is 17.8 Å². The van der Waals surface area contributed by atoms with Crippen molar-refractivity contribution >= 4 is 67.2 Å². The molecule has 1 heterocycles. The van der Waals surface area contributed by atoms with Crippen molar-refractivity contribution in [1.29, 1.82) is 0 Å². The monoisotopic (exact) mass is 552 g/mol. The minimum atomic E-state index is 0.185. The lowest BCUT2D eigenvalue weighted by atomic mass is 10.1. The zero-order chi connectivity index (χ0) is 28.6. The number of benzene rings is 6. The number of anilines is 6. The average molecular weight is 553 g/mol.